The molecular formula is C18H27NO4. The number of nitrogens with one attached hydrogen (secondary N) is 1. The molecule has 0 spiro atoms. The molecule has 5 heteroatoms. The summed E-state index contributed by atoms with van der Waals surface area (Å²) in [4.78, 5) is 23.9. The lowest BCUT2D eigenvalue weighted by molar-refractivity contribution is -0.126. The molecule has 0 bridgehead atoms. The number of carbonyl (C=O) groups is 2. The predicted molar refractivity (Wildman–Crippen MR) is 89.4 cm³/mol. The standard InChI is InChI=1S/C18H27NO4/c1-12-7-8-13(14(20)9-12)16(22)23-10-15(21)19-18(5,6)11-17(2,3)4/h7-9,20H,10-11H2,1-6H3,(H,19,21). The number of carbonyl (C=O) groups excluding carboxylic acids is 2. The van der Waals surface area contributed by atoms with Gasteiger partial charge in [0, 0.05) is 5.54 Å². The Hall–Kier alpha value is -2.04. The van der Waals surface area contributed by atoms with Crippen molar-refractivity contribution in [2.45, 2.75) is 53.5 Å². The maximum atomic E-state index is 12.0. The number of ether oxygens (including phenoxy) is 1. The van der Waals surface area contributed by atoms with Gasteiger partial charge in [0.1, 0.15) is 11.3 Å². The summed E-state index contributed by atoms with van der Waals surface area (Å²) in [5, 5.41) is 12.6. The molecule has 1 aromatic rings. The zero-order valence-electron chi connectivity index (χ0n) is 14.8. The van der Waals surface area contributed by atoms with E-state index in [-0.39, 0.29) is 29.2 Å². The quantitative estimate of drug-likeness (QED) is 0.817. The summed E-state index contributed by atoms with van der Waals surface area (Å²) in [5.74, 6) is -1.23. The summed E-state index contributed by atoms with van der Waals surface area (Å²) < 4.78 is 4.98. The van der Waals surface area contributed by atoms with Gasteiger partial charge in [0.05, 0.1) is 0 Å². The molecule has 0 unspecified atom stereocenters. The Balaban J connectivity index is 2.57. The van der Waals surface area contributed by atoms with Crippen LogP contribution >= 0.6 is 0 Å². The fourth-order valence-corrected chi connectivity index (χ4v) is 2.81. The monoisotopic (exact) mass is 321 g/mol. The number of benzene rings is 1. The fourth-order valence-electron chi connectivity index (χ4n) is 2.81. The van der Waals surface area contributed by atoms with Gasteiger partial charge in [-0.3, -0.25) is 4.79 Å². The maximum absolute atomic E-state index is 12.0. The molecule has 2 N–H and O–H groups in total. The van der Waals surface area contributed by atoms with Gasteiger partial charge in [-0.05, 0) is 50.3 Å². The third-order valence-electron chi connectivity index (χ3n) is 3.16. The van der Waals surface area contributed by atoms with Gasteiger partial charge in [0.2, 0.25) is 0 Å². The van der Waals surface area contributed by atoms with Crippen molar-refractivity contribution in [1.29, 1.82) is 0 Å². The summed E-state index contributed by atoms with van der Waals surface area (Å²) in [6, 6.07) is 4.65. The third-order valence-corrected chi connectivity index (χ3v) is 3.16. The molecule has 1 aromatic carbocycles. The smallest absolute Gasteiger partial charge is 0.342 e. The number of phenols is 1. The molecule has 0 heterocycles. The number of rotatable bonds is 5. The van der Waals surface area contributed by atoms with E-state index >= 15 is 0 Å². The van der Waals surface area contributed by atoms with Gasteiger partial charge in [-0.15, -0.1) is 0 Å². The lowest BCUT2D eigenvalue weighted by atomic mass is 9.82. The van der Waals surface area contributed by atoms with E-state index in [0.29, 0.717) is 0 Å². The Morgan fingerprint density at radius 1 is 1.17 bits per heavy atom. The summed E-state index contributed by atoms with van der Waals surface area (Å²) in [6.45, 7) is 11.6. The highest BCUT2D eigenvalue weighted by molar-refractivity contribution is 5.94. The molecule has 5 nitrogen and oxygen atoms in total. The Labute approximate surface area is 138 Å². The molecule has 0 saturated carbocycles. The van der Waals surface area contributed by atoms with Crippen LogP contribution in [0.3, 0.4) is 0 Å². The van der Waals surface area contributed by atoms with Crippen LogP contribution in [0.25, 0.3) is 0 Å². The Kier molecular flexibility index (Phi) is 5.81. The zero-order valence-corrected chi connectivity index (χ0v) is 14.8. The molecule has 0 aliphatic carbocycles. The van der Waals surface area contributed by atoms with Crippen LogP contribution in [0.2, 0.25) is 0 Å². The highest BCUT2D eigenvalue weighted by Gasteiger charge is 2.27. The van der Waals surface area contributed by atoms with E-state index in [0.717, 1.165) is 12.0 Å². The topological polar surface area (TPSA) is 75.6 Å². The second kappa shape index (κ2) is 7.02. The first-order valence-corrected chi connectivity index (χ1v) is 7.67. The van der Waals surface area contributed by atoms with E-state index in [4.69, 9.17) is 4.74 Å². The van der Waals surface area contributed by atoms with E-state index in [9.17, 15) is 14.7 Å². The van der Waals surface area contributed by atoms with Gasteiger partial charge in [0.15, 0.2) is 6.61 Å². The molecule has 0 aliphatic rings. The first-order valence-electron chi connectivity index (χ1n) is 7.67. The number of esters is 1. The Morgan fingerprint density at radius 2 is 1.78 bits per heavy atom. The first-order chi connectivity index (χ1) is 10.4. The van der Waals surface area contributed by atoms with Gasteiger partial charge >= 0.3 is 5.97 Å². The fraction of sp³-hybridized carbons (Fsp3) is 0.556. The minimum atomic E-state index is -0.716. The van der Waals surface area contributed by atoms with E-state index < -0.39 is 11.5 Å². The number of hydrogen-bond donors (Lipinski definition) is 2. The van der Waals surface area contributed by atoms with Gasteiger partial charge in [-0.2, -0.15) is 0 Å². The second-order valence-electron chi connectivity index (χ2n) is 7.77. The van der Waals surface area contributed by atoms with Crippen LogP contribution in [-0.2, 0) is 9.53 Å². The summed E-state index contributed by atoms with van der Waals surface area (Å²) in [6.07, 6.45) is 0.790. The second-order valence-corrected chi connectivity index (χ2v) is 7.77. The molecule has 0 aliphatic heterocycles. The van der Waals surface area contributed by atoms with Crippen LogP contribution in [0.5, 0.6) is 5.75 Å². The number of aromatic hydroxyl groups is 1. The molecule has 1 amide bonds. The highest BCUT2D eigenvalue weighted by atomic mass is 16.5. The highest BCUT2D eigenvalue weighted by Crippen LogP contribution is 2.26. The van der Waals surface area contributed by atoms with E-state index in [1.54, 1.807) is 13.0 Å². The first kappa shape index (κ1) is 19.0. The zero-order chi connectivity index (χ0) is 17.8. The minimum absolute atomic E-state index is 0.0531. The molecule has 1 rings (SSSR count). The van der Waals surface area contributed by atoms with Crippen LogP contribution in [0.15, 0.2) is 18.2 Å². The average Bonchev–Trinajstić information content (AvgIpc) is 2.32. The third kappa shape index (κ3) is 6.72. The normalized spacial score (nSPS) is 11.9. The van der Waals surface area contributed by atoms with Gasteiger partial charge in [0.25, 0.3) is 5.91 Å². The molecule has 23 heavy (non-hydrogen) atoms. The Morgan fingerprint density at radius 3 is 2.30 bits per heavy atom. The minimum Gasteiger partial charge on any atom is -0.507 e. The molecule has 0 aromatic heterocycles. The van der Waals surface area contributed by atoms with Crippen molar-refractivity contribution in [3.05, 3.63) is 29.3 Å². The van der Waals surface area contributed by atoms with Crippen LogP contribution in [0.1, 0.15) is 57.0 Å². The van der Waals surface area contributed by atoms with Gasteiger partial charge in [-0.1, -0.05) is 26.8 Å². The average molecular weight is 321 g/mol. The van der Waals surface area contributed by atoms with Crippen LogP contribution < -0.4 is 5.32 Å². The molecule has 0 radical (unpaired) electrons. The molecule has 128 valence electrons. The summed E-state index contributed by atoms with van der Waals surface area (Å²) in [7, 11) is 0. The number of aryl methyl sites for hydroxylation is 1. The molecule has 0 saturated heterocycles. The largest absolute Gasteiger partial charge is 0.507 e. The van der Waals surface area contributed by atoms with Crippen molar-refractivity contribution in [1.82, 2.24) is 5.32 Å². The molecule has 0 fully saturated rings. The van der Waals surface area contributed by atoms with Crippen LogP contribution in [0.4, 0.5) is 0 Å². The summed E-state index contributed by atoms with van der Waals surface area (Å²) >= 11 is 0. The Bertz CT molecular complexity index is 585. The van der Waals surface area contributed by atoms with E-state index in [2.05, 4.69) is 26.1 Å². The van der Waals surface area contributed by atoms with Crippen molar-refractivity contribution in [3.8, 4) is 5.75 Å². The SMILES string of the molecule is Cc1ccc(C(=O)OCC(=O)NC(C)(C)CC(C)(C)C)c(O)c1. The van der Waals surface area contributed by atoms with E-state index in [1.807, 2.05) is 13.8 Å². The van der Waals surface area contributed by atoms with Crippen LogP contribution in [0, 0.1) is 12.3 Å². The number of amides is 1. The van der Waals surface area contributed by atoms with Gasteiger partial charge in [-0.25, -0.2) is 4.79 Å². The number of hydrogen-bond acceptors (Lipinski definition) is 4. The van der Waals surface area contributed by atoms with Crippen molar-refractivity contribution < 1.29 is 19.4 Å². The summed E-state index contributed by atoms with van der Waals surface area (Å²) in [5.41, 5.74) is 0.563. The van der Waals surface area contributed by atoms with E-state index in [1.165, 1.54) is 12.1 Å². The van der Waals surface area contributed by atoms with Crippen molar-refractivity contribution in [2.75, 3.05) is 6.61 Å². The lowest BCUT2D eigenvalue weighted by Gasteiger charge is -2.33. The number of phenolic OH excluding ortho intramolecular Hbond substituents is 1. The maximum Gasteiger partial charge on any atom is 0.342 e. The molecule has 0 atom stereocenters. The molecular weight excluding hydrogens is 294 g/mol. The van der Waals surface area contributed by atoms with Crippen molar-refractivity contribution >= 4 is 11.9 Å². The van der Waals surface area contributed by atoms with Crippen molar-refractivity contribution in [2.24, 2.45) is 5.41 Å². The van der Waals surface area contributed by atoms with Crippen molar-refractivity contribution in [3.63, 3.8) is 0 Å². The van der Waals surface area contributed by atoms with Crippen LogP contribution in [-0.4, -0.2) is 29.1 Å². The predicted octanol–water partition coefficient (Wildman–Crippen LogP) is 3.19. The lowest BCUT2D eigenvalue weighted by Crippen LogP contribution is -2.47. The van der Waals surface area contributed by atoms with Gasteiger partial charge < -0.3 is 15.2 Å².